The fourth-order valence-electron chi connectivity index (χ4n) is 4.19. The second-order valence-corrected chi connectivity index (χ2v) is 8.02. The van der Waals surface area contributed by atoms with Gasteiger partial charge in [0.15, 0.2) is 0 Å². The largest absolute Gasteiger partial charge is 0.478 e. The van der Waals surface area contributed by atoms with Crippen molar-refractivity contribution in [2.24, 2.45) is 5.92 Å². The molecule has 2 fully saturated rings. The molecule has 1 N–H and O–H groups in total. The average molecular weight is 337 g/mol. The number of carboxylic acid groups (broad SMARTS) is 1. The standard InChI is InChI=1S/C18H27NO3S/c1-11(17-12(2)16(10-23-17)18(20)21)13-4-6-14(7-5-13)19-8-15(9-19)22-3/h10-11,13-15H,4-9H2,1-3H3,(H,20,21)/t11-,13?,14?/m1/s1. The van der Waals surface area contributed by atoms with Crippen LogP contribution in [0.3, 0.4) is 0 Å². The number of ether oxygens (including phenoxy) is 1. The zero-order valence-corrected chi connectivity index (χ0v) is 15.1. The number of methoxy groups -OCH3 is 1. The Balaban J connectivity index is 1.56. The molecular formula is C18H27NO3S. The minimum atomic E-state index is -0.800. The summed E-state index contributed by atoms with van der Waals surface area (Å²) in [5, 5.41) is 11.0. The average Bonchev–Trinajstić information content (AvgIpc) is 2.88. The SMILES string of the molecule is COC1CN(C2CCC([C@@H](C)c3scc(C(=O)O)c3C)CC2)C1. The summed E-state index contributed by atoms with van der Waals surface area (Å²) in [5.74, 6) is 0.355. The van der Waals surface area contributed by atoms with Crippen LogP contribution in [-0.4, -0.2) is 48.3 Å². The lowest BCUT2D eigenvalue weighted by molar-refractivity contribution is -0.0600. The number of hydrogen-bond donors (Lipinski definition) is 1. The van der Waals surface area contributed by atoms with Crippen molar-refractivity contribution in [2.45, 2.75) is 57.6 Å². The van der Waals surface area contributed by atoms with Gasteiger partial charge >= 0.3 is 5.97 Å². The number of carboxylic acids is 1. The Kier molecular flexibility index (Phi) is 5.09. The van der Waals surface area contributed by atoms with Gasteiger partial charge in [-0.1, -0.05) is 6.92 Å². The quantitative estimate of drug-likeness (QED) is 0.889. The summed E-state index contributed by atoms with van der Waals surface area (Å²) in [4.78, 5) is 15.1. The lowest BCUT2D eigenvalue weighted by Gasteiger charge is -2.46. The molecule has 0 spiro atoms. The van der Waals surface area contributed by atoms with Gasteiger partial charge in [0.2, 0.25) is 0 Å². The zero-order valence-electron chi connectivity index (χ0n) is 14.2. The molecular weight excluding hydrogens is 310 g/mol. The summed E-state index contributed by atoms with van der Waals surface area (Å²) < 4.78 is 5.37. The van der Waals surface area contributed by atoms with E-state index in [1.165, 1.54) is 30.6 Å². The molecule has 1 aliphatic heterocycles. The third kappa shape index (κ3) is 3.32. The van der Waals surface area contributed by atoms with Crippen LogP contribution in [-0.2, 0) is 4.74 Å². The van der Waals surface area contributed by atoms with E-state index < -0.39 is 5.97 Å². The lowest BCUT2D eigenvalue weighted by Crippen LogP contribution is -2.56. The highest BCUT2D eigenvalue weighted by Crippen LogP contribution is 2.41. The first-order valence-corrected chi connectivity index (χ1v) is 9.47. The molecule has 3 rings (SSSR count). The number of nitrogens with zero attached hydrogens (tertiary/aromatic N) is 1. The van der Waals surface area contributed by atoms with E-state index >= 15 is 0 Å². The van der Waals surface area contributed by atoms with Gasteiger partial charge in [-0.3, -0.25) is 4.90 Å². The van der Waals surface area contributed by atoms with Gasteiger partial charge in [0.25, 0.3) is 0 Å². The van der Waals surface area contributed by atoms with Gasteiger partial charge in [-0.2, -0.15) is 0 Å². The number of carbonyl (C=O) groups is 1. The van der Waals surface area contributed by atoms with Crippen molar-refractivity contribution in [1.82, 2.24) is 4.90 Å². The van der Waals surface area contributed by atoms with Gasteiger partial charge in [-0.15, -0.1) is 11.3 Å². The Morgan fingerprint density at radius 1 is 1.35 bits per heavy atom. The van der Waals surface area contributed by atoms with Crippen LogP contribution in [0.4, 0.5) is 0 Å². The molecule has 0 unspecified atom stereocenters. The second-order valence-electron chi connectivity index (χ2n) is 7.11. The van der Waals surface area contributed by atoms with Crippen LogP contribution >= 0.6 is 11.3 Å². The Morgan fingerprint density at radius 3 is 2.52 bits per heavy atom. The maximum absolute atomic E-state index is 11.2. The van der Waals surface area contributed by atoms with E-state index in [9.17, 15) is 9.90 Å². The molecule has 1 saturated heterocycles. The van der Waals surface area contributed by atoms with E-state index in [-0.39, 0.29) is 0 Å². The highest BCUT2D eigenvalue weighted by Gasteiger charge is 2.36. The molecule has 1 aromatic rings. The smallest absolute Gasteiger partial charge is 0.336 e. The summed E-state index contributed by atoms with van der Waals surface area (Å²) in [5.41, 5.74) is 1.46. The third-order valence-electron chi connectivity index (χ3n) is 5.90. The Labute approximate surface area is 142 Å². The van der Waals surface area contributed by atoms with Crippen molar-refractivity contribution in [3.8, 4) is 0 Å². The summed E-state index contributed by atoms with van der Waals surface area (Å²) >= 11 is 1.62. The lowest BCUT2D eigenvalue weighted by atomic mass is 9.77. The summed E-state index contributed by atoms with van der Waals surface area (Å²) in [6.07, 6.45) is 5.47. The van der Waals surface area contributed by atoms with Crippen molar-refractivity contribution < 1.29 is 14.6 Å². The molecule has 1 aromatic heterocycles. The summed E-state index contributed by atoms with van der Waals surface area (Å²) in [6.45, 7) is 6.42. The van der Waals surface area contributed by atoms with E-state index in [1.54, 1.807) is 23.8 Å². The van der Waals surface area contributed by atoms with Gasteiger partial charge in [0.1, 0.15) is 0 Å². The van der Waals surface area contributed by atoms with Crippen LogP contribution in [0.25, 0.3) is 0 Å². The molecule has 0 amide bonds. The van der Waals surface area contributed by atoms with Crippen LogP contribution in [0.5, 0.6) is 0 Å². The summed E-state index contributed by atoms with van der Waals surface area (Å²) in [6, 6.07) is 0.726. The van der Waals surface area contributed by atoms with E-state index in [4.69, 9.17) is 4.74 Å². The highest BCUT2D eigenvalue weighted by molar-refractivity contribution is 7.10. The minimum absolute atomic E-state index is 0.440. The van der Waals surface area contributed by atoms with E-state index in [1.807, 2.05) is 6.92 Å². The predicted molar refractivity (Wildman–Crippen MR) is 92.5 cm³/mol. The van der Waals surface area contributed by atoms with E-state index in [0.717, 1.165) is 24.7 Å². The number of aromatic carboxylic acids is 1. The van der Waals surface area contributed by atoms with Crippen LogP contribution in [0.1, 0.15) is 59.3 Å². The molecule has 5 heteroatoms. The topological polar surface area (TPSA) is 49.8 Å². The molecule has 2 aliphatic rings. The van der Waals surface area contributed by atoms with Crippen LogP contribution in [0, 0.1) is 12.8 Å². The van der Waals surface area contributed by atoms with Crippen molar-refractivity contribution in [3.05, 3.63) is 21.4 Å². The number of hydrogen-bond acceptors (Lipinski definition) is 4. The molecule has 1 aliphatic carbocycles. The maximum Gasteiger partial charge on any atom is 0.336 e. The molecule has 0 bridgehead atoms. The van der Waals surface area contributed by atoms with Gasteiger partial charge in [-0.25, -0.2) is 4.79 Å². The zero-order chi connectivity index (χ0) is 16.6. The van der Waals surface area contributed by atoms with Gasteiger partial charge in [0, 0.05) is 36.5 Å². The molecule has 2 heterocycles. The predicted octanol–water partition coefficient (Wildman–Crippen LogP) is 3.75. The highest BCUT2D eigenvalue weighted by atomic mass is 32.1. The fraction of sp³-hybridized carbons (Fsp3) is 0.722. The van der Waals surface area contributed by atoms with Crippen LogP contribution < -0.4 is 0 Å². The minimum Gasteiger partial charge on any atom is -0.478 e. The molecule has 0 aromatic carbocycles. The Hall–Kier alpha value is -0.910. The first-order chi connectivity index (χ1) is 11.0. The normalized spacial score (nSPS) is 27.6. The molecule has 0 radical (unpaired) electrons. The molecule has 23 heavy (non-hydrogen) atoms. The van der Waals surface area contributed by atoms with Crippen LogP contribution in [0.2, 0.25) is 0 Å². The third-order valence-corrected chi connectivity index (χ3v) is 7.18. The number of rotatable bonds is 5. The van der Waals surface area contributed by atoms with Crippen molar-refractivity contribution in [2.75, 3.05) is 20.2 Å². The van der Waals surface area contributed by atoms with E-state index in [0.29, 0.717) is 23.5 Å². The van der Waals surface area contributed by atoms with E-state index in [2.05, 4.69) is 11.8 Å². The Morgan fingerprint density at radius 2 is 2.00 bits per heavy atom. The molecule has 4 nitrogen and oxygen atoms in total. The molecule has 1 atom stereocenters. The molecule has 128 valence electrons. The van der Waals surface area contributed by atoms with Crippen molar-refractivity contribution in [1.29, 1.82) is 0 Å². The van der Waals surface area contributed by atoms with Gasteiger partial charge < -0.3 is 9.84 Å². The second kappa shape index (κ2) is 6.91. The monoisotopic (exact) mass is 337 g/mol. The van der Waals surface area contributed by atoms with Crippen LogP contribution in [0.15, 0.2) is 5.38 Å². The molecule has 1 saturated carbocycles. The van der Waals surface area contributed by atoms with Crippen molar-refractivity contribution >= 4 is 17.3 Å². The van der Waals surface area contributed by atoms with Gasteiger partial charge in [-0.05, 0) is 50.0 Å². The number of thiophene rings is 1. The maximum atomic E-state index is 11.2. The fourth-order valence-corrected chi connectivity index (χ4v) is 5.41. The summed E-state index contributed by atoms with van der Waals surface area (Å²) in [7, 11) is 1.80. The van der Waals surface area contributed by atoms with Crippen molar-refractivity contribution in [3.63, 3.8) is 0 Å². The first-order valence-electron chi connectivity index (χ1n) is 8.59. The number of likely N-dealkylation sites (tertiary alicyclic amines) is 1. The first kappa shape index (κ1) is 16.9. The van der Waals surface area contributed by atoms with Gasteiger partial charge in [0.05, 0.1) is 11.7 Å². The Bertz CT molecular complexity index is 557.